The topological polar surface area (TPSA) is 47.6 Å². The van der Waals surface area contributed by atoms with Crippen LogP contribution in [0, 0.1) is 0 Å². The Balaban J connectivity index is 2.00. The number of nitrogens with one attached hydrogen (secondary N) is 1. The van der Waals surface area contributed by atoms with Crippen LogP contribution >= 0.6 is 15.9 Å². The summed E-state index contributed by atoms with van der Waals surface area (Å²) in [7, 11) is 0. The molecule has 1 N–H and O–H groups in total. The first-order chi connectivity index (χ1) is 9.87. The van der Waals surface area contributed by atoms with E-state index in [0.717, 1.165) is 29.5 Å². The Kier molecular flexibility index (Phi) is 7.57. The summed E-state index contributed by atoms with van der Waals surface area (Å²) in [6.07, 6.45) is 2.54. The molecule has 0 bridgehead atoms. The van der Waals surface area contributed by atoms with Crippen molar-refractivity contribution >= 4 is 22.0 Å². The molecule has 0 saturated heterocycles. The standard InChI is InChI=1S/C16H24BrNO3/c1-16(2,3)21-15(19)18-11-5-4-6-12-20-14-9-7-13(17)8-10-14/h7-10H,4-6,11-12H2,1-3H3,(H,18,19). The predicted octanol–water partition coefficient (Wildman–Crippen LogP) is 4.52. The summed E-state index contributed by atoms with van der Waals surface area (Å²) < 4.78 is 11.8. The molecule has 5 heteroatoms. The van der Waals surface area contributed by atoms with Gasteiger partial charge in [-0.05, 0) is 64.3 Å². The fourth-order valence-electron chi connectivity index (χ4n) is 1.63. The maximum atomic E-state index is 11.4. The minimum atomic E-state index is -0.442. The zero-order chi connectivity index (χ0) is 15.7. The van der Waals surface area contributed by atoms with E-state index in [4.69, 9.17) is 9.47 Å². The number of unbranched alkanes of at least 4 members (excludes halogenated alkanes) is 2. The van der Waals surface area contributed by atoms with E-state index >= 15 is 0 Å². The lowest BCUT2D eigenvalue weighted by Crippen LogP contribution is -2.33. The fourth-order valence-corrected chi connectivity index (χ4v) is 1.89. The van der Waals surface area contributed by atoms with E-state index in [0.29, 0.717) is 13.2 Å². The molecule has 0 aliphatic rings. The van der Waals surface area contributed by atoms with Crippen LogP contribution in [0.3, 0.4) is 0 Å². The van der Waals surface area contributed by atoms with Crippen molar-refractivity contribution in [1.82, 2.24) is 5.32 Å². The van der Waals surface area contributed by atoms with Gasteiger partial charge in [0, 0.05) is 11.0 Å². The molecular weight excluding hydrogens is 334 g/mol. The molecule has 0 aromatic heterocycles. The molecule has 0 saturated carbocycles. The van der Waals surface area contributed by atoms with Gasteiger partial charge in [0.25, 0.3) is 0 Å². The molecule has 1 rings (SSSR count). The van der Waals surface area contributed by atoms with Gasteiger partial charge in [-0.2, -0.15) is 0 Å². The van der Waals surface area contributed by atoms with Crippen molar-refractivity contribution in [2.75, 3.05) is 13.2 Å². The summed E-state index contributed by atoms with van der Waals surface area (Å²) in [5.41, 5.74) is -0.442. The van der Waals surface area contributed by atoms with Gasteiger partial charge in [-0.25, -0.2) is 4.79 Å². The van der Waals surface area contributed by atoms with E-state index in [1.165, 1.54) is 0 Å². The Bertz CT molecular complexity index is 426. The maximum absolute atomic E-state index is 11.4. The molecule has 0 atom stereocenters. The number of amides is 1. The van der Waals surface area contributed by atoms with E-state index in [9.17, 15) is 4.79 Å². The highest BCUT2D eigenvalue weighted by atomic mass is 79.9. The van der Waals surface area contributed by atoms with Gasteiger partial charge in [0.2, 0.25) is 0 Å². The van der Waals surface area contributed by atoms with E-state index in [1.54, 1.807) is 0 Å². The Hall–Kier alpha value is -1.23. The van der Waals surface area contributed by atoms with Gasteiger partial charge in [-0.1, -0.05) is 15.9 Å². The van der Waals surface area contributed by atoms with Crippen molar-refractivity contribution in [2.24, 2.45) is 0 Å². The summed E-state index contributed by atoms with van der Waals surface area (Å²) in [5, 5.41) is 2.75. The minimum absolute atomic E-state index is 0.353. The lowest BCUT2D eigenvalue weighted by atomic mass is 10.2. The number of rotatable bonds is 7. The summed E-state index contributed by atoms with van der Waals surface area (Å²) in [4.78, 5) is 11.4. The molecule has 0 heterocycles. The van der Waals surface area contributed by atoms with Crippen LogP contribution in [-0.4, -0.2) is 24.8 Å². The summed E-state index contributed by atoms with van der Waals surface area (Å²) in [6, 6.07) is 7.79. The number of halogens is 1. The zero-order valence-corrected chi connectivity index (χ0v) is 14.5. The van der Waals surface area contributed by atoms with E-state index in [-0.39, 0.29) is 6.09 Å². The molecule has 1 aromatic carbocycles. The van der Waals surface area contributed by atoms with Crippen LogP contribution in [0.25, 0.3) is 0 Å². The van der Waals surface area contributed by atoms with Crippen molar-refractivity contribution in [2.45, 2.75) is 45.6 Å². The summed E-state index contributed by atoms with van der Waals surface area (Å²) in [6.45, 7) is 6.88. The highest BCUT2D eigenvalue weighted by Gasteiger charge is 2.15. The largest absolute Gasteiger partial charge is 0.494 e. The third-order valence-electron chi connectivity index (χ3n) is 2.57. The van der Waals surface area contributed by atoms with Crippen molar-refractivity contribution in [1.29, 1.82) is 0 Å². The monoisotopic (exact) mass is 357 g/mol. The predicted molar refractivity (Wildman–Crippen MR) is 87.7 cm³/mol. The van der Waals surface area contributed by atoms with Gasteiger partial charge in [-0.3, -0.25) is 0 Å². The first-order valence-corrected chi connectivity index (χ1v) is 8.01. The Labute approximate surface area is 135 Å². The number of hydrogen-bond donors (Lipinski definition) is 1. The fraction of sp³-hybridized carbons (Fsp3) is 0.562. The highest BCUT2D eigenvalue weighted by Crippen LogP contribution is 2.16. The zero-order valence-electron chi connectivity index (χ0n) is 12.9. The molecule has 0 fully saturated rings. The molecule has 1 amide bonds. The number of hydrogen-bond acceptors (Lipinski definition) is 3. The molecular formula is C16H24BrNO3. The average molecular weight is 358 g/mol. The molecule has 0 radical (unpaired) electrons. The molecule has 21 heavy (non-hydrogen) atoms. The number of carbonyl (C=O) groups is 1. The number of carbonyl (C=O) groups excluding carboxylic acids is 1. The van der Waals surface area contributed by atoms with Gasteiger partial charge < -0.3 is 14.8 Å². The first-order valence-electron chi connectivity index (χ1n) is 7.22. The lowest BCUT2D eigenvalue weighted by Gasteiger charge is -2.19. The normalized spacial score (nSPS) is 11.0. The molecule has 0 spiro atoms. The van der Waals surface area contributed by atoms with Crippen LogP contribution in [-0.2, 0) is 4.74 Å². The second kappa shape index (κ2) is 8.93. The van der Waals surface area contributed by atoms with Gasteiger partial charge >= 0.3 is 6.09 Å². The van der Waals surface area contributed by atoms with Crippen LogP contribution in [0.15, 0.2) is 28.7 Å². The molecule has 0 aliphatic carbocycles. The lowest BCUT2D eigenvalue weighted by molar-refractivity contribution is 0.0527. The van der Waals surface area contributed by atoms with Crippen LogP contribution in [0.1, 0.15) is 40.0 Å². The van der Waals surface area contributed by atoms with Crippen molar-refractivity contribution < 1.29 is 14.3 Å². The van der Waals surface area contributed by atoms with Crippen molar-refractivity contribution in [3.63, 3.8) is 0 Å². The SMILES string of the molecule is CC(C)(C)OC(=O)NCCCCCOc1ccc(Br)cc1. The van der Waals surface area contributed by atoms with Gasteiger partial charge in [0.1, 0.15) is 11.4 Å². The maximum Gasteiger partial charge on any atom is 0.407 e. The van der Waals surface area contributed by atoms with E-state index < -0.39 is 5.60 Å². The molecule has 1 aromatic rings. The van der Waals surface area contributed by atoms with E-state index in [2.05, 4.69) is 21.2 Å². The van der Waals surface area contributed by atoms with Crippen molar-refractivity contribution in [3.8, 4) is 5.75 Å². The average Bonchev–Trinajstić information content (AvgIpc) is 2.37. The second-order valence-corrected chi connectivity index (χ2v) is 6.71. The first kappa shape index (κ1) is 17.8. The van der Waals surface area contributed by atoms with Gasteiger partial charge in [0.15, 0.2) is 0 Å². The Morgan fingerprint density at radius 3 is 2.43 bits per heavy atom. The summed E-state index contributed by atoms with van der Waals surface area (Å²) >= 11 is 3.39. The second-order valence-electron chi connectivity index (χ2n) is 5.79. The number of benzene rings is 1. The molecule has 0 aliphatic heterocycles. The highest BCUT2D eigenvalue weighted by molar-refractivity contribution is 9.10. The van der Waals surface area contributed by atoms with E-state index in [1.807, 2.05) is 45.0 Å². The van der Waals surface area contributed by atoms with Crippen molar-refractivity contribution in [3.05, 3.63) is 28.7 Å². The van der Waals surface area contributed by atoms with Crippen LogP contribution < -0.4 is 10.1 Å². The number of ether oxygens (including phenoxy) is 2. The van der Waals surface area contributed by atoms with Crippen LogP contribution in [0.2, 0.25) is 0 Å². The van der Waals surface area contributed by atoms with Crippen LogP contribution in [0.5, 0.6) is 5.75 Å². The quantitative estimate of drug-likeness (QED) is 0.729. The Morgan fingerprint density at radius 2 is 1.81 bits per heavy atom. The van der Waals surface area contributed by atoms with Gasteiger partial charge in [-0.15, -0.1) is 0 Å². The molecule has 118 valence electrons. The van der Waals surface area contributed by atoms with Gasteiger partial charge in [0.05, 0.1) is 6.61 Å². The van der Waals surface area contributed by atoms with Crippen LogP contribution in [0.4, 0.5) is 4.79 Å². The smallest absolute Gasteiger partial charge is 0.407 e. The summed E-state index contributed by atoms with van der Waals surface area (Å²) in [5.74, 6) is 0.880. The molecule has 0 unspecified atom stereocenters. The third kappa shape index (κ3) is 9.34. The third-order valence-corrected chi connectivity index (χ3v) is 3.10. The number of alkyl carbamates (subject to hydrolysis) is 1. The minimum Gasteiger partial charge on any atom is -0.494 e. The Morgan fingerprint density at radius 1 is 1.14 bits per heavy atom. The molecule has 4 nitrogen and oxygen atoms in total.